The first-order chi connectivity index (χ1) is 8.52. The van der Waals surface area contributed by atoms with Gasteiger partial charge in [-0.15, -0.1) is 0 Å². The fourth-order valence-corrected chi connectivity index (χ4v) is 4.82. The zero-order valence-electron chi connectivity index (χ0n) is 11.6. The molecule has 0 unspecified atom stereocenters. The second kappa shape index (κ2) is 3.19. The highest BCUT2D eigenvalue weighted by atomic mass is 16.5. The van der Waals surface area contributed by atoms with Crippen molar-refractivity contribution in [3.05, 3.63) is 35.4 Å². The average molecular weight is 242 g/mol. The molecule has 0 spiro atoms. The van der Waals surface area contributed by atoms with Crippen LogP contribution in [0.3, 0.4) is 0 Å². The van der Waals surface area contributed by atoms with Crippen LogP contribution in [0.4, 0.5) is 0 Å². The molecule has 1 saturated heterocycles. The number of ether oxygens (including phenoxy) is 1. The van der Waals surface area contributed by atoms with Crippen LogP contribution in [0.2, 0.25) is 0 Å². The maximum atomic E-state index is 6.52. The van der Waals surface area contributed by atoms with E-state index in [-0.39, 0.29) is 5.60 Å². The molecule has 0 aromatic heterocycles. The van der Waals surface area contributed by atoms with Gasteiger partial charge in [0.15, 0.2) is 0 Å². The molecule has 2 bridgehead atoms. The predicted molar refractivity (Wildman–Crippen MR) is 72.5 cm³/mol. The molecule has 96 valence electrons. The van der Waals surface area contributed by atoms with Gasteiger partial charge in [-0.05, 0) is 61.5 Å². The molecule has 1 aromatic carbocycles. The summed E-state index contributed by atoms with van der Waals surface area (Å²) in [5.41, 5.74) is 3.46. The second-order valence-corrected chi connectivity index (χ2v) is 7.22. The van der Waals surface area contributed by atoms with Gasteiger partial charge in [0.05, 0.1) is 11.7 Å². The van der Waals surface area contributed by atoms with E-state index >= 15 is 0 Å². The van der Waals surface area contributed by atoms with Gasteiger partial charge in [0, 0.05) is 0 Å². The number of fused-ring (bicyclic) bond motifs is 4. The van der Waals surface area contributed by atoms with Gasteiger partial charge in [-0.25, -0.2) is 0 Å². The van der Waals surface area contributed by atoms with Crippen LogP contribution < -0.4 is 0 Å². The van der Waals surface area contributed by atoms with Crippen molar-refractivity contribution in [2.24, 2.45) is 11.8 Å². The predicted octanol–water partition coefficient (Wildman–Crippen LogP) is 4.22. The fraction of sp³-hybridized carbons (Fsp3) is 0.647. The Balaban J connectivity index is 1.91. The van der Waals surface area contributed by atoms with E-state index in [0.29, 0.717) is 17.4 Å². The third-order valence-corrected chi connectivity index (χ3v) is 6.03. The molecular formula is C17H22O. The van der Waals surface area contributed by atoms with E-state index < -0.39 is 0 Å². The first-order valence-corrected chi connectivity index (χ1v) is 7.29. The minimum Gasteiger partial charge on any atom is -0.367 e. The van der Waals surface area contributed by atoms with E-state index in [4.69, 9.17) is 4.74 Å². The van der Waals surface area contributed by atoms with E-state index in [1.165, 1.54) is 24.8 Å². The molecule has 1 heteroatoms. The van der Waals surface area contributed by atoms with Gasteiger partial charge < -0.3 is 4.74 Å². The lowest BCUT2D eigenvalue weighted by Gasteiger charge is -2.52. The molecule has 4 rings (SSSR count). The van der Waals surface area contributed by atoms with Crippen LogP contribution in [0.1, 0.15) is 57.3 Å². The summed E-state index contributed by atoms with van der Waals surface area (Å²) in [6.07, 6.45) is 4.35. The minimum absolute atomic E-state index is 0.0555. The van der Waals surface area contributed by atoms with Crippen LogP contribution in [0.25, 0.3) is 0 Å². The van der Waals surface area contributed by atoms with Crippen molar-refractivity contribution >= 4 is 0 Å². The molecule has 1 heterocycles. The van der Waals surface area contributed by atoms with Crippen LogP contribution >= 0.6 is 0 Å². The number of hydrogen-bond acceptors (Lipinski definition) is 1. The fourth-order valence-electron chi connectivity index (χ4n) is 4.82. The third kappa shape index (κ3) is 1.17. The topological polar surface area (TPSA) is 9.23 Å². The molecule has 0 radical (unpaired) electrons. The first kappa shape index (κ1) is 11.0. The molecular weight excluding hydrogens is 220 g/mol. The Morgan fingerprint density at radius 2 is 1.94 bits per heavy atom. The highest BCUT2D eigenvalue weighted by Crippen LogP contribution is 2.63. The monoisotopic (exact) mass is 242 g/mol. The molecule has 1 aliphatic heterocycles. The summed E-state index contributed by atoms with van der Waals surface area (Å²) >= 11 is 0. The van der Waals surface area contributed by atoms with Gasteiger partial charge in [-0.3, -0.25) is 0 Å². The SMILES string of the molecule is CC1(C)O[C@@H]2c3ccccc3[C@@]3(C)CC[C@H]1C[C@@H]23. The molecule has 4 atom stereocenters. The lowest BCUT2D eigenvalue weighted by Crippen LogP contribution is -2.50. The van der Waals surface area contributed by atoms with E-state index in [1.54, 1.807) is 5.56 Å². The smallest absolute Gasteiger partial charge is 0.0871 e. The minimum atomic E-state index is 0.0555. The van der Waals surface area contributed by atoms with Crippen molar-refractivity contribution in [2.75, 3.05) is 0 Å². The van der Waals surface area contributed by atoms with Gasteiger partial charge in [0.1, 0.15) is 0 Å². The summed E-state index contributed by atoms with van der Waals surface area (Å²) in [5, 5.41) is 0. The number of rotatable bonds is 0. The average Bonchev–Trinajstić information content (AvgIpc) is 2.61. The molecule has 1 nitrogen and oxygen atoms in total. The summed E-state index contributed by atoms with van der Waals surface area (Å²) in [6, 6.07) is 8.99. The molecule has 2 aliphatic carbocycles. The second-order valence-electron chi connectivity index (χ2n) is 7.22. The van der Waals surface area contributed by atoms with Crippen LogP contribution in [0.15, 0.2) is 24.3 Å². The standard InChI is InChI=1S/C17H22O/c1-16(2)11-8-9-17(3)13-7-5-4-6-12(13)15(18-16)14(17)10-11/h4-7,11,14-15H,8-10H2,1-3H3/t11-,14-,15+,17+/m0/s1. The quantitative estimate of drug-likeness (QED) is 0.661. The van der Waals surface area contributed by atoms with Gasteiger partial charge >= 0.3 is 0 Å². The van der Waals surface area contributed by atoms with Crippen LogP contribution in [0, 0.1) is 11.8 Å². The van der Waals surface area contributed by atoms with Gasteiger partial charge in [-0.2, -0.15) is 0 Å². The summed E-state index contributed by atoms with van der Waals surface area (Å²) in [5.74, 6) is 1.46. The maximum absolute atomic E-state index is 6.52. The van der Waals surface area contributed by atoms with Crippen molar-refractivity contribution in [1.82, 2.24) is 0 Å². The van der Waals surface area contributed by atoms with E-state index in [2.05, 4.69) is 45.0 Å². The summed E-state index contributed by atoms with van der Waals surface area (Å²) in [4.78, 5) is 0. The van der Waals surface area contributed by atoms with Gasteiger partial charge in [0.25, 0.3) is 0 Å². The number of hydrogen-bond donors (Lipinski definition) is 0. The van der Waals surface area contributed by atoms with Crippen molar-refractivity contribution in [1.29, 1.82) is 0 Å². The summed E-state index contributed by atoms with van der Waals surface area (Å²) in [7, 11) is 0. The first-order valence-electron chi connectivity index (χ1n) is 7.29. The Morgan fingerprint density at radius 1 is 1.17 bits per heavy atom. The molecule has 0 N–H and O–H groups in total. The van der Waals surface area contributed by atoms with E-state index in [0.717, 1.165) is 5.92 Å². The lowest BCUT2D eigenvalue weighted by molar-refractivity contribution is -0.192. The zero-order valence-corrected chi connectivity index (χ0v) is 11.6. The van der Waals surface area contributed by atoms with Gasteiger partial charge in [0.2, 0.25) is 0 Å². The normalized spacial score (nSPS) is 43.6. The Bertz CT molecular complexity index is 504. The molecule has 1 saturated carbocycles. The van der Waals surface area contributed by atoms with Gasteiger partial charge in [-0.1, -0.05) is 31.2 Å². The van der Waals surface area contributed by atoms with E-state index in [1.807, 2.05) is 0 Å². The van der Waals surface area contributed by atoms with Crippen LogP contribution in [0.5, 0.6) is 0 Å². The highest BCUT2D eigenvalue weighted by molar-refractivity contribution is 5.44. The number of benzene rings is 1. The Kier molecular flexibility index (Phi) is 1.96. The lowest BCUT2D eigenvalue weighted by atomic mass is 9.60. The summed E-state index contributed by atoms with van der Waals surface area (Å²) in [6.45, 7) is 7.04. The maximum Gasteiger partial charge on any atom is 0.0871 e. The third-order valence-electron chi connectivity index (χ3n) is 6.03. The molecule has 2 fully saturated rings. The Hall–Kier alpha value is -0.820. The van der Waals surface area contributed by atoms with Crippen molar-refractivity contribution < 1.29 is 4.74 Å². The largest absolute Gasteiger partial charge is 0.367 e. The van der Waals surface area contributed by atoms with Crippen molar-refractivity contribution in [2.45, 2.75) is 57.2 Å². The van der Waals surface area contributed by atoms with Crippen molar-refractivity contribution in [3.63, 3.8) is 0 Å². The van der Waals surface area contributed by atoms with Crippen molar-refractivity contribution in [3.8, 4) is 0 Å². The van der Waals surface area contributed by atoms with E-state index in [9.17, 15) is 0 Å². The highest BCUT2D eigenvalue weighted by Gasteiger charge is 2.58. The molecule has 3 aliphatic rings. The molecule has 1 aromatic rings. The molecule has 18 heavy (non-hydrogen) atoms. The van der Waals surface area contributed by atoms with Crippen LogP contribution in [-0.2, 0) is 10.2 Å². The Morgan fingerprint density at radius 3 is 2.78 bits per heavy atom. The summed E-state index contributed by atoms with van der Waals surface area (Å²) < 4.78 is 6.52. The van der Waals surface area contributed by atoms with Crippen LogP contribution in [-0.4, -0.2) is 5.60 Å². The zero-order chi connectivity index (χ0) is 12.5. The Labute approximate surface area is 110 Å². The molecule has 0 amide bonds.